The Balaban J connectivity index is 1.93. The van der Waals surface area contributed by atoms with Crippen LogP contribution in [0.3, 0.4) is 0 Å². The number of carbonyl (C=O) groups is 2. The van der Waals surface area contributed by atoms with Crippen molar-refractivity contribution >= 4 is 33.7 Å². The van der Waals surface area contributed by atoms with Gasteiger partial charge in [0.15, 0.2) is 6.17 Å². The number of hydrogen-bond donors (Lipinski definition) is 1. The molecule has 0 bridgehead atoms. The molecule has 0 spiro atoms. The average Bonchev–Trinajstić information content (AvgIpc) is 2.89. The standard InChI is InChI=1S/C12H12BrN5O2/c1-17-10-8(11(19)18(2)12(17)20)15-9(16-10)6-3-4-7(13)14-5-6/h3-5,8,10H,1-2H3,(H,15,16). The molecule has 1 aromatic heterocycles. The molecule has 2 aliphatic heterocycles. The Kier molecular flexibility index (Phi) is 2.97. The molecule has 2 atom stereocenters. The Morgan fingerprint density at radius 3 is 2.70 bits per heavy atom. The number of rotatable bonds is 1. The summed E-state index contributed by atoms with van der Waals surface area (Å²) in [6.45, 7) is 0. The summed E-state index contributed by atoms with van der Waals surface area (Å²) in [6.07, 6.45) is 1.15. The monoisotopic (exact) mass is 337 g/mol. The largest absolute Gasteiger partial charge is 0.355 e. The number of nitrogens with one attached hydrogen (secondary N) is 1. The zero-order valence-corrected chi connectivity index (χ0v) is 12.5. The molecule has 104 valence electrons. The number of aromatic nitrogens is 1. The highest BCUT2D eigenvalue weighted by molar-refractivity contribution is 9.10. The van der Waals surface area contributed by atoms with Crippen LogP contribution in [0.15, 0.2) is 27.9 Å². The van der Waals surface area contributed by atoms with Crippen molar-refractivity contribution in [2.75, 3.05) is 14.1 Å². The molecule has 0 aliphatic carbocycles. The maximum Gasteiger partial charge on any atom is 0.328 e. The number of nitrogens with zero attached hydrogens (tertiary/aromatic N) is 4. The van der Waals surface area contributed by atoms with Crippen LogP contribution in [0.1, 0.15) is 5.56 Å². The zero-order chi connectivity index (χ0) is 14.4. The van der Waals surface area contributed by atoms with Crippen molar-refractivity contribution in [3.63, 3.8) is 0 Å². The number of hydrogen-bond acceptors (Lipinski definition) is 5. The van der Waals surface area contributed by atoms with E-state index in [0.29, 0.717) is 5.84 Å². The van der Waals surface area contributed by atoms with Crippen molar-refractivity contribution in [3.8, 4) is 0 Å². The highest BCUT2D eigenvalue weighted by atomic mass is 79.9. The van der Waals surface area contributed by atoms with Crippen LogP contribution in [0.5, 0.6) is 0 Å². The quantitative estimate of drug-likeness (QED) is 0.753. The summed E-state index contributed by atoms with van der Waals surface area (Å²) in [5.41, 5.74) is 0.777. The summed E-state index contributed by atoms with van der Waals surface area (Å²) >= 11 is 3.26. The molecule has 0 radical (unpaired) electrons. The molecule has 3 rings (SSSR count). The van der Waals surface area contributed by atoms with Gasteiger partial charge in [-0.05, 0) is 28.1 Å². The van der Waals surface area contributed by atoms with Gasteiger partial charge in [-0.3, -0.25) is 9.69 Å². The van der Waals surface area contributed by atoms with E-state index in [1.807, 2.05) is 6.07 Å². The Morgan fingerprint density at radius 1 is 1.30 bits per heavy atom. The minimum absolute atomic E-state index is 0.276. The van der Waals surface area contributed by atoms with Gasteiger partial charge >= 0.3 is 6.03 Å². The lowest BCUT2D eigenvalue weighted by Crippen LogP contribution is -2.63. The molecule has 8 heteroatoms. The first-order chi connectivity index (χ1) is 9.49. The molecule has 0 aromatic carbocycles. The van der Waals surface area contributed by atoms with Crippen LogP contribution in [-0.2, 0) is 4.79 Å². The van der Waals surface area contributed by atoms with Gasteiger partial charge in [0, 0.05) is 25.9 Å². The number of urea groups is 1. The number of likely N-dealkylation sites (N-methyl/N-ethyl adjacent to an activating group) is 2. The van der Waals surface area contributed by atoms with Gasteiger partial charge in [0.1, 0.15) is 16.5 Å². The summed E-state index contributed by atoms with van der Waals surface area (Å²) in [5, 5.41) is 3.07. The Bertz CT molecular complexity index is 615. The van der Waals surface area contributed by atoms with Gasteiger partial charge in [0.25, 0.3) is 5.91 Å². The van der Waals surface area contributed by atoms with Crippen molar-refractivity contribution in [1.82, 2.24) is 20.1 Å². The van der Waals surface area contributed by atoms with E-state index in [4.69, 9.17) is 0 Å². The van der Waals surface area contributed by atoms with E-state index in [-0.39, 0.29) is 11.9 Å². The van der Waals surface area contributed by atoms with Crippen molar-refractivity contribution in [2.24, 2.45) is 4.99 Å². The number of halogens is 1. The van der Waals surface area contributed by atoms with E-state index in [9.17, 15) is 9.59 Å². The smallest absolute Gasteiger partial charge is 0.328 e. The fraction of sp³-hybridized carbons (Fsp3) is 0.333. The molecule has 2 aliphatic rings. The van der Waals surface area contributed by atoms with Gasteiger partial charge in [-0.2, -0.15) is 0 Å². The van der Waals surface area contributed by atoms with Crippen LogP contribution in [-0.4, -0.2) is 58.9 Å². The molecule has 0 saturated carbocycles. The van der Waals surface area contributed by atoms with Gasteiger partial charge < -0.3 is 10.2 Å². The zero-order valence-electron chi connectivity index (χ0n) is 10.9. The van der Waals surface area contributed by atoms with E-state index in [1.54, 1.807) is 19.3 Å². The van der Waals surface area contributed by atoms with E-state index in [1.165, 1.54) is 11.9 Å². The highest BCUT2D eigenvalue weighted by Gasteiger charge is 2.46. The minimum Gasteiger partial charge on any atom is -0.355 e. The summed E-state index contributed by atoms with van der Waals surface area (Å²) in [7, 11) is 3.11. The van der Waals surface area contributed by atoms with Crippen LogP contribution in [0.4, 0.5) is 4.79 Å². The van der Waals surface area contributed by atoms with Crippen molar-refractivity contribution in [3.05, 3.63) is 28.5 Å². The number of amidine groups is 1. The number of amides is 3. The number of pyridine rings is 1. The predicted octanol–water partition coefficient (Wildman–Crippen LogP) is 0.412. The van der Waals surface area contributed by atoms with Crippen LogP contribution in [0.25, 0.3) is 0 Å². The minimum atomic E-state index is -0.540. The first-order valence-corrected chi connectivity index (χ1v) is 6.79. The van der Waals surface area contributed by atoms with Crippen LogP contribution in [0, 0.1) is 0 Å². The second-order valence-corrected chi connectivity index (χ2v) is 5.49. The van der Waals surface area contributed by atoms with Crippen molar-refractivity contribution in [1.29, 1.82) is 0 Å². The maximum atomic E-state index is 12.1. The van der Waals surface area contributed by atoms with E-state index < -0.39 is 12.2 Å². The second kappa shape index (κ2) is 4.55. The van der Waals surface area contributed by atoms with Crippen LogP contribution >= 0.6 is 15.9 Å². The third-order valence-corrected chi connectivity index (χ3v) is 3.90. The summed E-state index contributed by atoms with van der Waals surface area (Å²) in [4.78, 5) is 35.1. The molecule has 7 nitrogen and oxygen atoms in total. The lowest BCUT2D eigenvalue weighted by molar-refractivity contribution is -0.133. The Morgan fingerprint density at radius 2 is 2.05 bits per heavy atom. The molecule has 3 heterocycles. The van der Waals surface area contributed by atoms with Crippen molar-refractivity contribution in [2.45, 2.75) is 12.2 Å². The molecule has 1 saturated heterocycles. The Labute approximate surface area is 123 Å². The van der Waals surface area contributed by atoms with Gasteiger partial charge in [-0.1, -0.05) is 0 Å². The number of carbonyl (C=O) groups excluding carboxylic acids is 2. The molecule has 3 amide bonds. The fourth-order valence-corrected chi connectivity index (χ4v) is 2.53. The van der Waals surface area contributed by atoms with E-state index >= 15 is 0 Å². The number of imide groups is 1. The van der Waals surface area contributed by atoms with Gasteiger partial charge in [0.05, 0.1) is 0 Å². The third-order valence-electron chi connectivity index (χ3n) is 3.43. The highest BCUT2D eigenvalue weighted by Crippen LogP contribution is 2.22. The molecule has 1 N–H and O–H groups in total. The third kappa shape index (κ3) is 1.87. The van der Waals surface area contributed by atoms with Crippen LogP contribution in [0.2, 0.25) is 0 Å². The molecular formula is C12H12BrN5O2. The van der Waals surface area contributed by atoms with Crippen LogP contribution < -0.4 is 5.32 Å². The molecule has 2 unspecified atom stereocenters. The van der Waals surface area contributed by atoms with Crippen molar-refractivity contribution < 1.29 is 9.59 Å². The number of fused-ring (bicyclic) bond motifs is 1. The molecular weight excluding hydrogens is 326 g/mol. The predicted molar refractivity (Wildman–Crippen MR) is 75.1 cm³/mol. The fourth-order valence-electron chi connectivity index (χ4n) is 2.29. The van der Waals surface area contributed by atoms with Gasteiger partial charge in [-0.15, -0.1) is 0 Å². The first-order valence-electron chi connectivity index (χ1n) is 5.99. The molecule has 1 aromatic rings. The Hall–Kier alpha value is -1.96. The topological polar surface area (TPSA) is 77.9 Å². The normalized spacial score (nSPS) is 25.4. The van der Waals surface area contributed by atoms with Gasteiger partial charge in [0.2, 0.25) is 0 Å². The summed E-state index contributed by atoms with van der Waals surface area (Å²) < 4.78 is 0.723. The summed E-state index contributed by atoms with van der Waals surface area (Å²) in [6, 6.07) is 2.75. The van der Waals surface area contributed by atoms with Gasteiger partial charge in [-0.25, -0.2) is 14.8 Å². The second-order valence-electron chi connectivity index (χ2n) is 4.67. The summed E-state index contributed by atoms with van der Waals surface area (Å²) in [5.74, 6) is 0.297. The molecule has 20 heavy (non-hydrogen) atoms. The SMILES string of the molecule is CN1C(=O)C2NC(c3ccc(Br)nc3)=NC2N(C)C1=O. The average molecular weight is 338 g/mol. The van der Waals surface area contributed by atoms with E-state index in [2.05, 4.69) is 31.2 Å². The van der Waals surface area contributed by atoms with E-state index in [0.717, 1.165) is 15.1 Å². The lowest BCUT2D eigenvalue weighted by Gasteiger charge is -2.36. The molecule has 1 fully saturated rings. The first kappa shape index (κ1) is 13.0. The lowest BCUT2D eigenvalue weighted by atomic mass is 10.1. The number of aliphatic imine (C=N–C) groups is 1. The maximum absolute atomic E-state index is 12.1.